The summed E-state index contributed by atoms with van der Waals surface area (Å²) < 4.78 is 26.8. The number of anilines is 1. The number of carbonyl (C=O) groups is 2. The van der Waals surface area contributed by atoms with E-state index in [1.54, 1.807) is 18.2 Å². The van der Waals surface area contributed by atoms with Crippen molar-refractivity contribution >= 4 is 38.2 Å². The Balaban J connectivity index is 1.48. The number of nitrogens with zero attached hydrogens (tertiary/aromatic N) is 4. The lowest BCUT2D eigenvalue weighted by Gasteiger charge is -2.24. The molecule has 0 aliphatic carbocycles. The number of benzene rings is 4. The first-order valence-electron chi connectivity index (χ1n) is 12.9. The average Bonchev–Trinajstić information content (AvgIpc) is 3.00. The van der Waals surface area contributed by atoms with Crippen molar-refractivity contribution in [1.82, 2.24) is 14.3 Å². The minimum absolute atomic E-state index is 0.0431. The molecule has 0 bridgehead atoms. The van der Waals surface area contributed by atoms with Gasteiger partial charge in [-0.05, 0) is 46.7 Å². The molecule has 0 unspecified atom stereocenters. The fourth-order valence-electron chi connectivity index (χ4n) is 4.44. The number of carbonyl (C=O) groups excluding carboxylic acids is 2. The molecule has 41 heavy (non-hydrogen) atoms. The van der Waals surface area contributed by atoms with Gasteiger partial charge in [-0.1, -0.05) is 72.8 Å². The van der Waals surface area contributed by atoms with E-state index in [0.717, 1.165) is 26.2 Å². The molecule has 206 valence electrons. The molecule has 1 aromatic heterocycles. The molecule has 5 rings (SSSR count). The van der Waals surface area contributed by atoms with Crippen molar-refractivity contribution in [3.8, 4) is 11.3 Å². The second kappa shape index (κ2) is 11.8. The Hall–Kier alpha value is -4.73. The van der Waals surface area contributed by atoms with Crippen molar-refractivity contribution in [3.05, 3.63) is 121 Å². The Bertz CT molecular complexity index is 1840. The van der Waals surface area contributed by atoms with Crippen LogP contribution in [0.1, 0.15) is 22.6 Å². The predicted molar refractivity (Wildman–Crippen MR) is 159 cm³/mol. The summed E-state index contributed by atoms with van der Waals surface area (Å²) in [5, 5.41) is 2.06. The number of rotatable bonds is 9. The van der Waals surface area contributed by atoms with Crippen LogP contribution in [-0.2, 0) is 21.4 Å². The lowest BCUT2D eigenvalue weighted by Crippen LogP contribution is -2.32. The minimum Gasteiger partial charge on any atom is -0.308 e. The molecule has 8 nitrogen and oxygen atoms in total. The molecule has 9 heteroatoms. The zero-order valence-corrected chi connectivity index (χ0v) is 23.5. The third-order valence-electron chi connectivity index (χ3n) is 6.65. The first-order valence-corrected chi connectivity index (χ1v) is 14.4. The van der Waals surface area contributed by atoms with Gasteiger partial charge in [0.05, 0.1) is 23.6 Å². The topological polar surface area (TPSA) is 101 Å². The maximum absolute atomic E-state index is 13.7. The SMILES string of the molecule is CN(C)S(=O)(=O)c1cccc(N(Cc2ccc3ccccc3c2)C(=O)CC(=O)c2nccc(-c3ccccc3)n2)c1. The molecule has 0 N–H and O–H groups in total. The zero-order valence-electron chi connectivity index (χ0n) is 22.6. The van der Waals surface area contributed by atoms with Crippen molar-refractivity contribution in [3.63, 3.8) is 0 Å². The summed E-state index contributed by atoms with van der Waals surface area (Å²) in [5.74, 6) is -1.10. The van der Waals surface area contributed by atoms with Crippen LogP contribution in [0.3, 0.4) is 0 Å². The summed E-state index contributed by atoms with van der Waals surface area (Å²) in [6, 6.07) is 31.0. The molecule has 0 atom stereocenters. The van der Waals surface area contributed by atoms with Gasteiger partial charge in [-0.2, -0.15) is 0 Å². The van der Waals surface area contributed by atoms with Gasteiger partial charge in [-0.3, -0.25) is 9.59 Å². The number of hydrogen-bond acceptors (Lipinski definition) is 6. The van der Waals surface area contributed by atoms with E-state index in [9.17, 15) is 18.0 Å². The Morgan fingerprint density at radius 1 is 0.780 bits per heavy atom. The minimum atomic E-state index is -3.75. The summed E-state index contributed by atoms with van der Waals surface area (Å²) in [4.78, 5) is 37.0. The number of ketones is 1. The van der Waals surface area contributed by atoms with E-state index in [2.05, 4.69) is 9.97 Å². The van der Waals surface area contributed by atoms with Crippen LogP contribution in [0.2, 0.25) is 0 Å². The van der Waals surface area contributed by atoms with Crippen molar-refractivity contribution in [2.75, 3.05) is 19.0 Å². The number of Topliss-reactive ketones (excluding diaryl/α,β-unsaturated/α-hetero) is 1. The molecule has 0 radical (unpaired) electrons. The quantitative estimate of drug-likeness (QED) is 0.177. The van der Waals surface area contributed by atoms with Gasteiger partial charge in [0, 0.05) is 31.5 Å². The highest BCUT2D eigenvalue weighted by Crippen LogP contribution is 2.26. The lowest BCUT2D eigenvalue weighted by atomic mass is 10.1. The highest BCUT2D eigenvalue weighted by molar-refractivity contribution is 7.89. The summed E-state index contributed by atoms with van der Waals surface area (Å²) in [6.45, 7) is 0.132. The molecule has 0 aliphatic rings. The second-order valence-corrected chi connectivity index (χ2v) is 11.8. The third kappa shape index (κ3) is 6.21. The Labute approximate surface area is 239 Å². The predicted octanol–water partition coefficient (Wildman–Crippen LogP) is 5.35. The molecule has 0 saturated heterocycles. The molecule has 5 aromatic rings. The molecule has 1 heterocycles. The largest absolute Gasteiger partial charge is 0.308 e. The van der Waals surface area contributed by atoms with Crippen LogP contribution in [-0.4, -0.2) is 48.5 Å². The molecule has 0 fully saturated rings. The number of aromatic nitrogens is 2. The highest BCUT2D eigenvalue weighted by atomic mass is 32.2. The van der Waals surface area contributed by atoms with E-state index in [0.29, 0.717) is 11.4 Å². The Morgan fingerprint density at radius 2 is 1.51 bits per heavy atom. The van der Waals surface area contributed by atoms with Crippen molar-refractivity contribution in [2.45, 2.75) is 17.9 Å². The number of fused-ring (bicyclic) bond motifs is 1. The number of hydrogen-bond donors (Lipinski definition) is 0. The average molecular weight is 565 g/mol. The number of amides is 1. The van der Waals surface area contributed by atoms with E-state index in [-0.39, 0.29) is 17.3 Å². The van der Waals surface area contributed by atoms with Crippen molar-refractivity contribution in [2.24, 2.45) is 0 Å². The van der Waals surface area contributed by atoms with Crippen LogP contribution in [0.25, 0.3) is 22.0 Å². The van der Waals surface area contributed by atoms with Gasteiger partial charge in [0.25, 0.3) is 0 Å². The maximum Gasteiger partial charge on any atom is 0.242 e. The van der Waals surface area contributed by atoms with Crippen LogP contribution in [0.5, 0.6) is 0 Å². The van der Waals surface area contributed by atoms with Gasteiger partial charge in [0.2, 0.25) is 21.7 Å². The molecular formula is C32H28N4O4S. The van der Waals surface area contributed by atoms with Crippen LogP contribution < -0.4 is 4.90 Å². The van der Waals surface area contributed by atoms with Crippen LogP contribution >= 0.6 is 0 Å². The van der Waals surface area contributed by atoms with Gasteiger partial charge >= 0.3 is 0 Å². The first kappa shape index (κ1) is 27.8. The van der Waals surface area contributed by atoms with E-state index in [1.807, 2.05) is 72.8 Å². The third-order valence-corrected chi connectivity index (χ3v) is 8.46. The fourth-order valence-corrected chi connectivity index (χ4v) is 5.38. The molecule has 4 aromatic carbocycles. The van der Waals surface area contributed by atoms with Gasteiger partial charge < -0.3 is 4.90 Å². The highest BCUT2D eigenvalue weighted by Gasteiger charge is 2.24. The Kier molecular flexibility index (Phi) is 8.00. The molecule has 1 amide bonds. The van der Waals surface area contributed by atoms with E-state index in [4.69, 9.17) is 0 Å². The molecular weight excluding hydrogens is 536 g/mol. The smallest absolute Gasteiger partial charge is 0.242 e. The van der Waals surface area contributed by atoms with Crippen molar-refractivity contribution in [1.29, 1.82) is 0 Å². The fraction of sp³-hybridized carbons (Fsp3) is 0.125. The molecule has 0 spiro atoms. The monoisotopic (exact) mass is 564 g/mol. The van der Waals surface area contributed by atoms with E-state index in [1.165, 1.54) is 37.3 Å². The van der Waals surface area contributed by atoms with Crippen LogP contribution in [0.15, 0.2) is 114 Å². The second-order valence-electron chi connectivity index (χ2n) is 9.68. The first-order chi connectivity index (χ1) is 19.7. The van der Waals surface area contributed by atoms with E-state index < -0.39 is 28.1 Å². The summed E-state index contributed by atoms with van der Waals surface area (Å²) in [7, 11) is -0.856. The van der Waals surface area contributed by atoms with Crippen LogP contribution in [0.4, 0.5) is 5.69 Å². The summed E-state index contributed by atoms with van der Waals surface area (Å²) in [5.41, 5.74) is 2.59. The Morgan fingerprint density at radius 3 is 2.27 bits per heavy atom. The molecule has 0 aliphatic heterocycles. The summed E-state index contributed by atoms with van der Waals surface area (Å²) in [6.07, 6.45) is 1.01. The maximum atomic E-state index is 13.7. The lowest BCUT2D eigenvalue weighted by molar-refractivity contribution is -0.117. The number of sulfonamides is 1. The van der Waals surface area contributed by atoms with E-state index >= 15 is 0 Å². The van der Waals surface area contributed by atoms with Crippen molar-refractivity contribution < 1.29 is 18.0 Å². The van der Waals surface area contributed by atoms with Gasteiger partial charge in [-0.15, -0.1) is 0 Å². The zero-order chi connectivity index (χ0) is 29.0. The van der Waals surface area contributed by atoms with Gasteiger partial charge in [0.15, 0.2) is 5.82 Å². The summed E-state index contributed by atoms with van der Waals surface area (Å²) >= 11 is 0. The normalized spacial score (nSPS) is 11.5. The molecule has 0 saturated carbocycles. The van der Waals surface area contributed by atoms with Crippen LogP contribution in [0, 0.1) is 0 Å². The van der Waals surface area contributed by atoms with Gasteiger partial charge in [0.1, 0.15) is 0 Å². The van der Waals surface area contributed by atoms with Gasteiger partial charge in [-0.25, -0.2) is 22.7 Å². The standard InChI is InChI=1S/C32H28N4O4S/c1-35(2)41(39,40)28-14-8-13-27(20-28)36(22-23-15-16-24-9-6-7-12-26(24)19-23)31(38)21-30(37)32-33-18-17-29(34-32)25-10-4-3-5-11-25/h3-20H,21-22H2,1-2H3.